The van der Waals surface area contributed by atoms with Crippen LogP contribution >= 0.6 is 0 Å². The highest BCUT2D eigenvalue weighted by Gasteiger charge is 2.58. The average Bonchev–Trinajstić information content (AvgIpc) is 3.29. The zero-order valence-electron chi connectivity index (χ0n) is 13.7. The monoisotopic (exact) mass is 314 g/mol. The molecule has 124 valence electrons. The van der Waals surface area contributed by atoms with Gasteiger partial charge < -0.3 is 10.2 Å². The molecule has 1 aromatic rings. The molecule has 23 heavy (non-hydrogen) atoms. The predicted molar refractivity (Wildman–Crippen MR) is 88.7 cm³/mol. The molecule has 1 N–H and O–H groups in total. The van der Waals surface area contributed by atoms with Gasteiger partial charge in [0, 0.05) is 51.0 Å². The summed E-state index contributed by atoms with van der Waals surface area (Å²) >= 11 is 0. The van der Waals surface area contributed by atoms with Crippen molar-refractivity contribution in [3.63, 3.8) is 0 Å². The van der Waals surface area contributed by atoms with E-state index in [-0.39, 0.29) is 0 Å². The van der Waals surface area contributed by atoms with Crippen LogP contribution < -0.4 is 5.32 Å². The van der Waals surface area contributed by atoms with E-state index in [1.165, 1.54) is 18.4 Å². The number of carbonyl (C=O) groups excluding carboxylic acids is 1. The van der Waals surface area contributed by atoms with Crippen LogP contribution in [0.2, 0.25) is 0 Å². The highest BCUT2D eigenvalue weighted by molar-refractivity contribution is 5.82. The van der Waals surface area contributed by atoms with Crippen LogP contribution in [0, 0.1) is 11.3 Å². The van der Waals surface area contributed by atoms with Gasteiger partial charge in [-0.2, -0.15) is 0 Å². The zero-order chi connectivity index (χ0) is 15.7. The smallest absolute Gasteiger partial charge is 0.226 e. The summed E-state index contributed by atoms with van der Waals surface area (Å²) in [5, 5.41) is 3.41. The molecule has 4 rings (SSSR count). The van der Waals surface area contributed by atoms with E-state index < -0.39 is 0 Å². The number of rotatable bonds is 3. The van der Waals surface area contributed by atoms with Gasteiger partial charge in [-0.25, -0.2) is 0 Å². The van der Waals surface area contributed by atoms with Gasteiger partial charge in [-0.3, -0.25) is 14.7 Å². The lowest BCUT2D eigenvalue weighted by Crippen LogP contribution is -2.49. The Kier molecular flexibility index (Phi) is 4.07. The van der Waals surface area contributed by atoms with Gasteiger partial charge in [0.25, 0.3) is 0 Å². The van der Waals surface area contributed by atoms with Crippen molar-refractivity contribution in [1.29, 1.82) is 0 Å². The molecule has 0 bridgehead atoms. The summed E-state index contributed by atoms with van der Waals surface area (Å²) in [7, 11) is 0. The minimum Gasteiger partial charge on any atom is -0.340 e. The number of nitrogens with one attached hydrogen (secondary N) is 1. The molecule has 3 fully saturated rings. The molecule has 1 aromatic heterocycles. The van der Waals surface area contributed by atoms with Crippen molar-refractivity contribution >= 4 is 5.91 Å². The average molecular weight is 314 g/mol. The fourth-order valence-corrected chi connectivity index (χ4v) is 4.27. The first-order chi connectivity index (χ1) is 11.3. The third-order valence-electron chi connectivity index (χ3n) is 5.90. The number of piperazine rings is 1. The number of aromatic nitrogens is 1. The molecule has 2 aliphatic heterocycles. The molecule has 0 unspecified atom stereocenters. The van der Waals surface area contributed by atoms with Crippen LogP contribution in [0.15, 0.2) is 24.5 Å². The normalized spacial score (nSPS) is 27.1. The zero-order valence-corrected chi connectivity index (χ0v) is 13.7. The van der Waals surface area contributed by atoms with Crippen LogP contribution in [0.5, 0.6) is 0 Å². The van der Waals surface area contributed by atoms with Gasteiger partial charge in [0.05, 0.1) is 0 Å². The molecule has 1 atom stereocenters. The Labute approximate surface area is 138 Å². The van der Waals surface area contributed by atoms with Crippen LogP contribution in [-0.2, 0) is 11.3 Å². The molecule has 1 amide bonds. The standard InChI is InChI=1S/C18H26N4O/c23-17(16-12-18(16)3-6-19-7-4-18)22-10-8-21(9-11-22)14-15-2-1-5-20-13-15/h1-2,5,13,16,19H,3-4,6-12,14H2/t16-/m1/s1. The van der Waals surface area contributed by atoms with Gasteiger partial charge in [-0.1, -0.05) is 6.07 Å². The molecular weight excluding hydrogens is 288 g/mol. The van der Waals surface area contributed by atoms with Crippen LogP contribution in [0.3, 0.4) is 0 Å². The molecule has 3 heterocycles. The summed E-state index contributed by atoms with van der Waals surface area (Å²) in [5.74, 6) is 0.738. The number of carbonyl (C=O) groups is 1. The number of pyridine rings is 1. The topological polar surface area (TPSA) is 48.5 Å². The van der Waals surface area contributed by atoms with Crippen LogP contribution in [0.4, 0.5) is 0 Å². The Hall–Kier alpha value is -1.46. The van der Waals surface area contributed by atoms with E-state index in [0.717, 1.165) is 52.2 Å². The van der Waals surface area contributed by atoms with Crippen molar-refractivity contribution in [2.75, 3.05) is 39.3 Å². The summed E-state index contributed by atoms with van der Waals surface area (Å²) in [6.07, 6.45) is 7.24. The number of piperidine rings is 1. The highest BCUT2D eigenvalue weighted by atomic mass is 16.2. The van der Waals surface area contributed by atoms with Crippen LogP contribution in [-0.4, -0.2) is 60.0 Å². The summed E-state index contributed by atoms with van der Waals surface area (Å²) in [4.78, 5) is 21.5. The third kappa shape index (κ3) is 3.12. The maximum atomic E-state index is 12.8. The highest BCUT2D eigenvalue weighted by Crippen LogP contribution is 2.59. The van der Waals surface area contributed by atoms with Crippen molar-refractivity contribution in [3.05, 3.63) is 30.1 Å². The number of hydrogen-bond acceptors (Lipinski definition) is 4. The van der Waals surface area contributed by atoms with Gasteiger partial charge in [-0.15, -0.1) is 0 Å². The molecule has 0 radical (unpaired) electrons. The fraction of sp³-hybridized carbons (Fsp3) is 0.667. The lowest BCUT2D eigenvalue weighted by atomic mass is 9.91. The van der Waals surface area contributed by atoms with Crippen LogP contribution in [0.1, 0.15) is 24.8 Å². The maximum Gasteiger partial charge on any atom is 0.226 e. The van der Waals surface area contributed by atoms with E-state index >= 15 is 0 Å². The second-order valence-corrected chi connectivity index (χ2v) is 7.33. The second-order valence-electron chi connectivity index (χ2n) is 7.33. The molecule has 3 aliphatic rings. The number of amides is 1. The van der Waals surface area contributed by atoms with Gasteiger partial charge in [0.15, 0.2) is 0 Å². The van der Waals surface area contributed by atoms with E-state index in [2.05, 4.69) is 26.2 Å². The number of hydrogen-bond donors (Lipinski definition) is 1. The van der Waals surface area contributed by atoms with Crippen molar-refractivity contribution in [3.8, 4) is 0 Å². The summed E-state index contributed by atoms with van der Waals surface area (Å²) < 4.78 is 0. The Balaban J connectivity index is 1.27. The predicted octanol–water partition coefficient (Wildman–Crippen LogP) is 1.12. The van der Waals surface area contributed by atoms with Gasteiger partial charge in [0.1, 0.15) is 0 Å². The maximum absolute atomic E-state index is 12.8. The van der Waals surface area contributed by atoms with Gasteiger partial charge >= 0.3 is 0 Å². The molecular formula is C18H26N4O. The number of nitrogens with zero attached hydrogens (tertiary/aromatic N) is 3. The molecule has 5 nitrogen and oxygen atoms in total. The first-order valence-corrected chi connectivity index (χ1v) is 8.88. The van der Waals surface area contributed by atoms with Gasteiger partial charge in [-0.05, 0) is 49.4 Å². The molecule has 2 saturated heterocycles. The largest absolute Gasteiger partial charge is 0.340 e. The van der Waals surface area contributed by atoms with Crippen molar-refractivity contribution in [2.24, 2.45) is 11.3 Å². The Morgan fingerprint density at radius 3 is 2.74 bits per heavy atom. The van der Waals surface area contributed by atoms with E-state index in [9.17, 15) is 4.79 Å². The molecule has 0 aromatic carbocycles. The van der Waals surface area contributed by atoms with Gasteiger partial charge in [0.2, 0.25) is 5.91 Å². The van der Waals surface area contributed by atoms with Crippen LogP contribution in [0.25, 0.3) is 0 Å². The molecule has 1 saturated carbocycles. The van der Waals surface area contributed by atoms with E-state index in [4.69, 9.17) is 0 Å². The quantitative estimate of drug-likeness (QED) is 0.908. The first kappa shape index (κ1) is 15.1. The molecule has 5 heteroatoms. The second kappa shape index (κ2) is 6.21. The minimum absolute atomic E-state index is 0.314. The summed E-state index contributed by atoms with van der Waals surface area (Å²) in [6, 6.07) is 4.11. The van der Waals surface area contributed by atoms with E-state index in [1.54, 1.807) is 0 Å². The van der Waals surface area contributed by atoms with Crippen molar-refractivity contribution in [1.82, 2.24) is 20.1 Å². The SMILES string of the molecule is O=C([C@H]1CC12CCNCC2)N1CCN(Cc2cccnc2)CC1. The Morgan fingerprint density at radius 1 is 1.26 bits per heavy atom. The van der Waals surface area contributed by atoms with E-state index in [1.807, 2.05) is 18.5 Å². The lowest BCUT2D eigenvalue weighted by molar-refractivity contribution is -0.135. The fourth-order valence-electron chi connectivity index (χ4n) is 4.27. The Morgan fingerprint density at radius 2 is 2.04 bits per heavy atom. The third-order valence-corrected chi connectivity index (χ3v) is 5.90. The first-order valence-electron chi connectivity index (χ1n) is 8.88. The van der Waals surface area contributed by atoms with E-state index in [0.29, 0.717) is 17.2 Å². The lowest BCUT2D eigenvalue weighted by Gasteiger charge is -2.35. The summed E-state index contributed by atoms with van der Waals surface area (Å²) in [6.45, 7) is 6.82. The van der Waals surface area contributed by atoms with Crippen molar-refractivity contribution in [2.45, 2.75) is 25.8 Å². The summed E-state index contributed by atoms with van der Waals surface area (Å²) in [5.41, 5.74) is 1.61. The van der Waals surface area contributed by atoms with Crippen molar-refractivity contribution < 1.29 is 4.79 Å². The minimum atomic E-state index is 0.314. The molecule has 1 spiro atoms. The molecule has 1 aliphatic carbocycles. The Bertz CT molecular complexity index is 547.